The van der Waals surface area contributed by atoms with Gasteiger partial charge in [0.25, 0.3) is 0 Å². The lowest BCUT2D eigenvalue weighted by Gasteiger charge is -2.30. The lowest BCUT2D eigenvalue weighted by atomic mass is 10.0. The molecule has 134 valence electrons. The van der Waals surface area contributed by atoms with Crippen LogP contribution in [0.25, 0.3) is 0 Å². The first-order valence-corrected chi connectivity index (χ1v) is 9.46. The van der Waals surface area contributed by atoms with Gasteiger partial charge in [-0.3, -0.25) is 9.59 Å². The highest BCUT2D eigenvalue weighted by Crippen LogP contribution is 2.43. The number of benzene rings is 2. The zero-order valence-corrected chi connectivity index (χ0v) is 15.1. The van der Waals surface area contributed by atoms with Crippen molar-refractivity contribution in [2.45, 2.75) is 26.2 Å². The minimum absolute atomic E-state index is 0.0716. The summed E-state index contributed by atoms with van der Waals surface area (Å²) >= 11 is 0. The number of fused-ring (bicyclic) bond motifs is 1. The number of nitrogens with zero attached hydrogens (tertiary/aromatic N) is 2. The van der Waals surface area contributed by atoms with E-state index >= 15 is 0 Å². The first kappa shape index (κ1) is 16.8. The van der Waals surface area contributed by atoms with Gasteiger partial charge < -0.3 is 9.80 Å². The third-order valence-electron chi connectivity index (χ3n) is 5.45. The van der Waals surface area contributed by atoms with E-state index in [4.69, 9.17) is 0 Å². The lowest BCUT2D eigenvalue weighted by molar-refractivity contribution is -0.124. The van der Waals surface area contributed by atoms with Crippen molar-refractivity contribution in [3.8, 4) is 0 Å². The zero-order chi connectivity index (χ0) is 18.1. The number of para-hydroxylation sites is 2. The maximum absolute atomic E-state index is 13.0. The molecule has 2 amide bonds. The predicted octanol–water partition coefficient (Wildman–Crippen LogP) is 3.66. The quantitative estimate of drug-likeness (QED) is 0.846. The zero-order valence-electron chi connectivity index (χ0n) is 15.1. The van der Waals surface area contributed by atoms with Crippen molar-refractivity contribution in [3.63, 3.8) is 0 Å². The summed E-state index contributed by atoms with van der Waals surface area (Å²) < 4.78 is 0. The Morgan fingerprint density at radius 3 is 2.54 bits per heavy atom. The van der Waals surface area contributed by atoms with Crippen LogP contribution in [-0.2, 0) is 16.0 Å². The summed E-state index contributed by atoms with van der Waals surface area (Å²) in [4.78, 5) is 29.7. The average Bonchev–Trinajstić information content (AvgIpc) is 3.49. The number of amides is 2. The molecule has 0 bridgehead atoms. The van der Waals surface area contributed by atoms with Gasteiger partial charge in [-0.15, -0.1) is 0 Å². The van der Waals surface area contributed by atoms with E-state index in [0.29, 0.717) is 13.0 Å². The topological polar surface area (TPSA) is 40.6 Å². The standard InChI is InChI=1S/C22H24N2O2/c1-2-23(17-11-4-3-5-12-17)21(25)18-15-19(18)22(26)24-14-8-10-16-9-6-7-13-20(16)24/h3-7,9,11-13,18-19H,2,8,10,14-15H2,1H3. The largest absolute Gasteiger partial charge is 0.312 e. The predicted molar refractivity (Wildman–Crippen MR) is 103 cm³/mol. The molecule has 0 spiro atoms. The van der Waals surface area contributed by atoms with Gasteiger partial charge in [0.2, 0.25) is 11.8 Å². The van der Waals surface area contributed by atoms with Crippen LogP contribution in [0, 0.1) is 11.8 Å². The minimum atomic E-state index is -0.184. The van der Waals surface area contributed by atoms with Gasteiger partial charge in [0.1, 0.15) is 0 Å². The maximum Gasteiger partial charge on any atom is 0.230 e. The Hall–Kier alpha value is -2.62. The van der Waals surface area contributed by atoms with Crippen LogP contribution in [0.5, 0.6) is 0 Å². The van der Waals surface area contributed by atoms with Crippen LogP contribution >= 0.6 is 0 Å². The van der Waals surface area contributed by atoms with Crippen LogP contribution in [0.3, 0.4) is 0 Å². The molecule has 1 saturated carbocycles. The van der Waals surface area contributed by atoms with Crippen molar-refractivity contribution in [1.29, 1.82) is 0 Å². The molecule has 1 aliphatic carbocycles. The number of aryl methyl sites for hydroxylation is 1. The van der Waals surface area contributed by atoms with Crippen LogP contribution < -0.4 is 9.80 Å². The summed E-state index contributed by atoms with van der Waals surface area (Å²) in [5.74, 6) is -0.176. The van der Waals surface area contributed by atoms with Gasteiger partial charge in [-0.25, -0.2) is 0 Å². The third kappa shape index (κ3) is 3.00. The molecule has 0 saturated heterocycles. The van der Waals surface area contributed by atoms with Gasteiger partial charge >= 0.3 is 0 Å². The van der Waals surface area contributed by atoms with Crippen LogP contribution in [0.2, 0.25) is 0 Å². The SMILES string of the molecule is CCN(C(=O)C1CC1C(=O)N1CCCc2ccccc21)c1ccccc1. The van der Waals surface area contributed by atoms with Gasteiger partial charge in [-0.05, 0) is 49.9 Å². The van der Waals surface area contributed by atoms with Gasteiger partial charge in [0, 0.05) is 24.5 Å². The lowest BCUT2D eigenvalue weighted by Crippen LogP contribution is -2.38. The summed E-state index contributed by atoms with van der Waals surface area (Å²) in [7, 11) is 0. The third-order valence-corrected chi connectivity index (χ3v) is 5.45. The van der Waals surface area contributed by atoms with E-state index in [1.54, 1.807) is 4.90 Å². The molecule has 2 aliphatic rings. The molecular weight excluding hydrogens is 324 g/mol. The number of rotatable bonds is 4. The molecule has 0 radical (unpaired) electrons. The fourth-order valence-electron chi connectivity index (χ4n) is 3.98. The van der Waals surface area contributed by atoms with Crippen molar-refractivity contribution in [2.75, 3.05) is 22.9 Å². The number of carbonyl (C=O) groups is 2. The molecule has 26 heavy (non-hydrogen) atoms. The van der Waals surface area contributed by atoms with Gasteiger partial charge in [0.15, 0.2) is 0 Å². The highest BCUT2D eigenvalue weighted by Gasteiger charge is 2.51. The smallest absolute Gasteiger partial charge is 0.230 e. The van der Waals surface area contributed by atoms with Crippen LogP contribution in [0.4, 0.5) is 11.4 Å². The summed E-state index contributed by atoms with van der Waals surface area (Å²) in [6.45, 7) is 3.35. The summed E-state index contributed by atoms with van der Waals surface area (Å²) in [5.41, 5.74) is 3.16. The summed E-state index contributed by atoms with van der Waals surface area (Å²) in [6.07, 6.45) is 2.67. The fraction of sp³-hybridized carbons (Fsp3) is 0.364. The Kier molecular flexibility index (Phi) is 4.49. The van der Waals surface area contributed by atoms with Crippen LogP contribution in [0.15, 0.2) is 54.6 Å². The van der Waals surface area contributed by atoms with Gasteiger partial charge in [0.05, 0.1) is 11.8 Å². The highest BCUT2D eigenvalue weighted by atomic mass is 16.2. The van der Waals surface area contributed by atoms with Crippen molar-refractivity contribution >= 4 is 23.2 Å². The van der Waals surface area contributed by atoms with E-state index in [-0.39, 0.29) is 23.7 Å². The van der Waals surface area contributed by atoms with E-state index in [9.17, 15) is 9.59 Å². The Morgan fingerprint density at radius 1 is 1.04 bits per heavy atom. The normalized spacial score (nSPS) is 21.0. The summed E-state index contributed by atoms with van der Waals surface area (Å²) in [6, 6.07) is 17.8. The Bertz CT molecular complexity index is 818. The van der Waals surface area contributed by atoms with E-state index in [1.807, 2.05) is 60.4 Å². The number of carbonyl (C=O) groups excluding carboxylic acids is 2. The molecule has 1 aliphatic heterocycles. The number of hydrogen-bond donors (Lipinski definition) is 0. The van der Waals surface area contributed by atoms with Crippen LogP contribution in [0.1, 0.15) is 25.3 Å². The van der Waals surface area contributed by atoms with Crippen molar-refractivity contribution < 1.29 is 9.59 Å². The van der Waals surface area contributed by atoms with Crippen LogP contribution in [-0.4, -0.2) is 24.9 Å². The maximum atomic E-state index is 13.0. The monoisotopic (exact) mass is 348 g/mol. The first-order valence-electron chi connectivity index (χ1n) is 9.46. The summed E-state index contributed by atoms with van der Waals surface area (Å²) in [5, 5.41) is 0. The molecule has 0 aromatic heterocycles. The fourth-order valence-corrected chi connectivity index (χ4v) is 3.98. The van der Waals surface area contributed by atoms with E-state index < -0.39 is 0 Å². The number of anilines is 2. The van der Waals surface area contributed by atoms with E-state index in [2.05, 4.69) is 6.07 Å². The second-order valence-electron chi connectivity index (χ2n) is 7.09. The molecule has 0 N–H and O–H groups in total. The second-order valence-corrected chi connectivity index (χ2v) is 7.09. The number of hydrogen-bond acceptors (Lipinski definition) is 2. The molecule has 2 atom stereocenters. The molecule has 1 fully saturated rings. The molecule has 2 aromatic carbocycles. The Morgan fingerprint density at radius 2 is 1.77 bits per heavy atom. The Balaban J connectivity index is 1.48. The minimum Gasteiger partial charge on any atom is -0.312 e. The molecule has 2 aromatic rings. The van der Waals surface area contributed by atoms with Crippen molar-refractivity contribution in [2.24, 2.45) is 11.8 Å². The average molecular weight is 348 g/mol. The van der Waals surface area contributed by atoms with Gasteiger partial charge in [-0.1, -0.05) is 36.4 Å². The first-order chi connectivity index (χ1) is 12.7. The second kappa shape index (κ2) is 6.94. The molecular formula is C22H24N2O2. The highest BCUT2D eigenvalue weighted by molar-refractivity contribution is 6.05. The molecule has 1 heterocycles. The van der Waals surface area contributed by atoms with Gasteiger partial charge in [-0.2, -0.15) is 0 Å². The molecule has 4 nitrogen and oxygen atoms in total. The molecule has 2 unspecified atom stereocenters. The molecule has 4 rings (SSSR count). The van der Waals surface area contributed by atoms with Crippen molar-refractivity contribution in [3.05, 3.63) is 60.2 Å². The van der Waals surface area contributed by atoms with E-state index in [0.717, 1.165) is 30.8 Å². The molecule has 4 heteroatoms. The Labute approximate surface area is 154 Å². The van der Waals surface area contributed by atoms with E-state index in [1.165, 1.54) is 5.56 Å². The van der Waals surface area contributed by atoms with Crippen molar-refractivity contribution in [1.82, 2.24) is 0 Å².